The summed E-state index contributed by atoms with van der Waals surface area (Å²) >= 11 is 12.2. The van der Waals surface area contributed by atoms with Crippen LogP contribution in [0.5, 0.6) is 0 Å². The molecule has 0 aliphatic carbocycles. The maximum absolute atomic E-state index is 10.4. The summed E-state index contributed by atoms with van der Waals surface area (Å²) in [6.45, 7) is 7.83. The maximum Gasteiger partial charge on any atom is 0.0817 e. The molecule has 4 heteroatoms. The highest BCUT2D eigenvalue weighted by atomic mass is 35.5. The fraction of sp³-hybridized carbons (Fsp3) is 0.647. The standard InChI is InChI=1S/C17H25Cl2NO/c1-17(2)8-4-10-20(12-9-17)11-7-15(21)13-5-3-6-14(18)16(13)19/h3,5-6,15,21H,4,7-12H2,1-2H3. The second-order valence-electron chi connectivity index (χ2n) is 6.81. The van der Waals surface area contributed by atoms with Gasteiger partial charge in [0.25, 0.3) is 0 Å². The summed E-state index contributed by atoms with van der Waals surface area (Å²) in [5.74, 6) is 0. The van der Waals surface area contributed by atoms with Crippen LogP contribution in [-0.4, -0.2) is 29.6 Å². The first-order chi connectivity index (χ1) is 9.89. The van der Waals surface area contributed by atoms with Crippen molar-refractivity contribution in [3.63, 3.8) is 0 Å². The minimum absolute atomic E-state index is 0.448. The lowest BCUT2D eigenvalue weighted by atomic mass is 9.85. The molecular formula is C17H25Cl2NO. The first-order valence-electron chi connectivity index (χ1n) is 7.73. The van der Waals surface area contributed by atoms with Crippen molar-refractivity contribution in [2.24, 2.45) is 5.41 Å². The van der Waals surface area contributed by atoms with Gasteiger partial charge in [0, 0.05) is 12.1 Å². The molecule has 2 nitrogen and oxygen atoms in total. The van der Waals surface area contributed by atoms with Gasteiger partial charge in [-0.05, 0) is 50.3 Å². The second kappa shape index (κ2) is 7.32. The van der Waals surface area contributed by atoms with Gasteiger partial charge in [0.1, 0.15) is 0 Å². The average molecular weight is 330 g/mol. The molecule has 0 spiro atoms. The van der Waals surface area contributed by atoms with Crippen LogP contribution in [0.3, 0.4) is 0 Å². The SMILES string of the molecule is CC1(C)CCCN(CCC(O)c2cccc(Cl)c2Cl)CC1. The van der Waals surface area contributed by atoms with Gasteiger partial charge in [-0.1, -0.05) is 49.2 Å². The molecule has 1 aliphatic heterocycles. The van der Waals surface area contributed by atoms with Crippen LogP contribution in [0.2, 0.25) is 10.0 Å². The largest absolute Gasteiger partial charge is 0.388 e. The van der Waals surface area contributed by atoms with Crippen LogP contribution in [0.15, 0.2) is 18.2 Å². The number of hydrogen-bond acceptors (Lipinski definition) is 2. The van der Waals surface area contributed by atoms with E-state index in [1.807, 2.05) is 12.1 Å². The second-order valence-corrected chi connectivity index (χ2v) is 7.59. The number of halogens is 2. The molecule has 1 fully saturated rings. The van der Waals surface area contributed by atoms with E-state index in [1.54, 1.807) is 6.07 Å². The summed E-state index contributed by atoms with van der Waals surface area (Å²) in [7, 11) is 0. The zero-order valence-corrected chi connectivity index (χ0v) is 14.4. The molecule has 1 aliphatic rings. The van der Waals surface area contributed by atoms with E-state index in [0.717, 1.165) is 25.2 Å². The fourth-order valence-corrected chi connectivity index (χ4v) is 3.37. The topological polar surface area (TPSA) is 23.5 Å². The quantitative estimate of drug-likeness (QED) is 0.846. The van der Waals surface area contributed by atoms with E-state index in [1.165, 1.54) is 19.3 Å². The molecule has 0 radical (unpaired) electrons. The predicted octanol–water partition coefficient (Wildman–Crippen LogP) is 4.93. The summed E-state index contributed by atoms with van der Waals surface area (Å²) in [4.78, 5) is 2.45. The van der Waals surface area contributed by atoms with E-state index in [4.69, 9.17) is 23.2 Å². The Kier molecular flexibility index (Phi) is 5.96. The molecular weight excluding hydrogens is 305 g/mol. The lowest BCUT2D eigenvalue weighted by Gasteiger charge is -2.24. The van der Waals surface area contributed by atoms with Crippen molar-refractivity contribution in [1.82, 2.24) is 4.90 Å². The number of hydrogen-bond donors (Lipinski definition) is 1. The molecule has 0 amide bonds. The van der Waals surface area contributed by atoms with Gasteiger partial charge in [-0.2, -0.15) is 0 Å². The first-order valence-corrected chi connectivity index (χ1v) is 8.49. The number of benzene rings is 1. The molecule has 1 unspecified atom stereocenters. The zero-order valence-electron chi connectivity index (χ0n) is 12.9. The molecule has 0 saturated carbocycles. The summed E-state index contributed by atoms with van der Waals surface area (Å²) in [5, 5.41) is 11.3. The number of aliphatic hydroxyl groups excluding tert-OH is 1. The van der Waals surface area contributed by atoms with Crippen molar-refractivity contribution in [3.8, 4) is 0 Å². The Labute approximate surface area is 138 Å². The van der Waals surface area contributed by atoms with E-state index in [0.29, 0.717) is 21.9 Å². The number of nitrogens with zero attached hydrogens (tertiary/aromatic N) is 1. The first kappa shape index (κ1) is 17.1. The Bertz CT molecular complexity index is 476. The number of rotatable bonds is 4. The minimum Gasteiger partial charge on any atom is -0.388 e. The Hall–Kier alpha value is -0.280. The molecule has 0 bridgehead atoms. The van der Waals surface area contributed by atoms with Crippen LogP contribution in [0.4, 0.5) is 0 Å². The van der Waals surface area contributed by atoms with Crippen LogP contribution in [-0.2, 0) is 0 Å². The van der Waals surface area contributed by atoms with Gasteiger partial charge in [0.2, 0.25) is 0 Å². The van der Waals surface area contributed by atoms with Gasteiger partial charge in [-0.15, -0.1) is 0 Å². The Morgan fingerprint density at radius 3 is 2.76 bits per heavy atom. The zero-order chi connectivity index (χ0) is 15.5. The predicted molar refractivity (Wildman–Crippen MR) is 90.1 cm³/mol. The fourth-order valence-electron chi connectivity index (χ4n) is 2.94. The third-order valence-electron chi connectivity index (χ3n) is 4.49. The maximum atomic E-state index is 10.4. The highest BCUT2D eigenvalue weighted by Gasteiger charge is 2.23. The molecule has 1 saturated heterocycles. The van der Waals surface area contributed by atoms with E-state index < -0.39 is 6.10 Å². The minimum atomic E-state index is -0.549. The van der Waals surface area contributed by atoms with Gasteiger partial charge >= 0.3 is 0 Å². The van der Waals surface area contributed by atoms with Crippen molar-refractivity contribution in [2.45, 2.75) is 45.6 Å². The van der Waals surface area contributed by atoms with E-state index in [-0.39, 0.29) is 0 Å². The molecule has 1 aromatic carbocycles. The average Bonchev–Trinajstić information content (AvgIpc) is 2.60. The third-order valence-corrected chi connectivity index (χ3v) is 5.33. The Morgan fingerprint density at radius 2 is 2.00 bits per heavy atom. The molecule has 2 rings (SSSR count). The summed E-state index contributed by atoms with van der Waals surface area (Å²) < 4.78 is 0. The van der Waals surface area contributed by atoms with Gasteiger partial charge in [-0.3, -0.25) is 0 Å². The molecule has 1 atom stereocenters. The van der Waals surface area contributed by atoms with Crippen LogP contribution in [0, 0.1) is 5.41 Å². The van der Waals surface area contributed by atoms with E-state index in [9.17, 15) is 5.11 Å². The van der Waals surface area contributed by atoms with Crippen LogP contribution in [0.25, 0.3) is 0 Å². The number of aliphatic hydroxyl groups is 1. The molecule has 1 aromatic rings. The van der Waals surface area contributed by atoms with Crippen LogP contribution in [0.1, 0.15) is 51.2 Å². The number of likely N-dealkylation sites (tertiary alicyclic amines) is 1. The monoisotopic (exact) mass is 329 g/mol. The lowest BCUT2D eigenvalue weighted by molar-refractivity contribution is 0.142. The Morgan fingerprint density at radius 1 is 1.24 bits per heavy atom. The summed E-state index contributed by atoms with van der Waals surface area (Å²) in [6, 6.07) is 5.43. The highest BCUT2D eigenvalue weighted by Crippen LogP contribution is 2.32. The highest BCUT2D eigenvalue weighted by molar-refractivity contribution is 6.42. The van der Waals surface area contributed by atoms with Crippen LogP contribution < -0.4 is 0 Å². The molecule has 21 heavy (non-hydrogen) atoms. The Balaban J connectivity index is 1.89. The normalized spacial score (nSPS) is 21.0. The van der Waals surface area contributed by atoms with Crippen molar-refractivity contribution in [2.75, 3.05) is 19.6 Å². The van der Waals surface area contributed by atoms with Gasteiger partial charge < -0.3 is 10.0 Å². The lowest BCUT2D eigenvalue weighted by Crippen LogP contribution is -2.27. The molecule has 1 heterocycles. The van der Waals surface area contributed by atoms with Crippen molar-refractivity contribution in [1.29, 1.82) is 0 Å². The smallest absolute Gasteiger partial charge is 0.0817 e. The van der Waals surface area contributed by atoms with Crippen molar-refractivity contribution in [3.05, 3.63) is 33.8 Å². The van der Waals surface area contributed by atoms with Gasteiger partial charge in [0.05, 0.1) is 16.1 Å². The van der Waals surface area contributed by atoms with Gasteiger partial charge in [0.15, 0.2) is 0 Å². The van der Waals surface area contributed by atoms with Crippen LogP contribution >= 0.6 is 23.2 Å². The van der Waals surface area contributed by atoms with E-state index >= 15 is 0 Å². The summed E-state index contributed by atoms with van der Waals surface area (Å²) in [5.41, 5.74) is 1.18. The van der Waals surface area contributed by atoms with Crippen molar-refractivity contribution >= 4 is 23.2 Å². The van der Waals surface area contributed by atoms with Gasteiger partial charge in [-0.25, -0.2) is 0 Å². The molecule has 118 valence electrons. The molecule has 1 N–H and O–H groups in total. The summed E-state index contributed by atoms with van der Waals surface area (Å²) in [6.07, 6.45) is 3.89. The van der Waals surface area contributed by atoms with E-state index in [2.05, 4.69) is 18.7 Å². The van der Waals surface area contributed by atoms with Crippen molar-refractivity contribution < 1.29 is 5.11 Å². The molecule has 0 aromatic heterocycles. The third kappa shape index (κ3) is 4.85.